The zero-order chi connectivity index (χ0) is 20.4. The van der Waals surface area contributed by atoms with Crippen LogP contribution in [0.5, 0.6) is 0 Å². The van der Waals surface area contributed by atoms with E-state index in [1.807, 2.05) is 0 Å². The van der Waals surface area contributed by atoms with Gasteiger partial charge in [0, 0.05) is 0 Å². The third kappa shape index (κ3) is 6.96. The Labute approximate surface area is 153 Å². The molecular weight excluding hydrogens is 360 g/mol. The lowest BCUT2D eigenvalue weighted by atomic mass is 10.1. The van der Waals surface area contributed by atoms with Crippen molar-refractivity contribution >= 4 is 23.9 Å². The zero-order valence-electron chi connectivity index (χ0n) is 13.9. The van der Waals surface area contributed by atoms with Crippen LogP contribution >= 0.6 is 0 Å². The second-order valence-electron chi connectivity index (χ2n) is 4.93. The Kier molecular flexibility index (Phi) is 8.14. The van der Waals surface area contributed by atoms with Gasteiger partial charge in [-0.2, -0.15) is 0 Å². The van der Waals surface area contributed by atoms with E-state index < -0.39 is 23.9 Å². The molecule has 0 radical (unpaired) electrons. The largest absolute Gasteiger partial charge is 0.478 e. The maximum absolute atomic E-state index is 11.2. The summed E-state index contributed by atoms with van der Waals surface area (Å²) in [5, 5.41) is 34.0. The smallest absolute Gasteiger partial charge is 0.338 e. The summed E-state index contributed by atoms with van der Waals surface area (Å²) < 4.78 is 4.64. The monoisotopic (exact) mass is 376 g/mol. The molecule has 0 saturated carbocycles. The molecule has 0 aliphatic rings. The first-order valence-corrected chi connectivity index (χ1v) is 7.44. The van der Waals surface area contributed by atoms with Crippen LogP contribution in [0.1, 0.15) is 41.4 Å². The van der Waals surface area contributed by atoms with Gasteiger partial charge in [0.1, 0.15) is 6.61 Å². The second-order valence-corrected chi connectivity index (χ2v) is 4.93. The molecule has 0 fully saturated rings. The first-order chi connectivity index (χ1) is 12.8. The molecule has 0 unspecified atom stereocenters. The predicted molar refractivity (Wildman–Crippen MR) is 91.1 cm³/mol. The Bertz CT molecular complexity index is 775. The summed E-state index contributed by atoms with van der Waals surface area (Å²) in [6, 6.07) is 10.4. The first kappa shape index (κ1) is 21.3. The van der Waals surface area contributed by atoms with Gasteiger partial charge in [0.25, 0.3) is 0 Å². The van der Waals surface area contributed by atoms with E-state index in [-0.39, 0.29) is 35.5 Å². The standard InChI is InChI=1S/C10H10O5.C8H6O4/c11-5-6-15-10(14)8-3-1-7(2-4-8)9(12)13;9-7(10)5-1-2-6(4-3-5)8(11)12/h1-4,11H,5-6H2,(H,12,13);1-4H,(H,9,10)(H,11,12). The number of carbonyl (C=O) groups is 4. The fourth-order valence-electron chi connectivity index (χ4n) is 1.73. The number of esters is 1. The molecule has 142 valence electrons. The molecule has 4 N–H and O–H groups in total. The summed E-state index contributed by atoms with van der Waals surface area (Å²) in [5.74, 6) is -3.76. The molecule has 0 atom stereocenters. The Morgan fingerprint density at radius 1 is 0.630 bits per heavy atom. The number of aliphatic hydroxyl groups excluding tert-OH is 1. The summed E-state index contributed by atoms with van der Waals surface area (Å²) in [4.78, 5) is 42.4. The lowest BCUT2D eigenvalue weighted by Gasteiger charge is -2.02. The van der Waals surface area contributed by atoms with E-state index in [4.69, 9.17) is 20.4 Å². The van der Waals surface area contributed by atoms with Gasteiger partial charge >= 0.3 is 23.9 Å². The Morgan fingerprint density at radius 2 is 0.926 bits per heavy atom. The molecule has 9 nitrogen and oxygen atoms in total. The molecular formula is C18H16O9. The molecule has 0 aliphatic heterocycles. The summed E-state index contributed by atoms with van der Waals surface area (Å²) in [6.07, 6.45) is 0. The van der Waals surface area contributed by atoms with Gasteiger partial charge in [-0.05, 0) is 48.5 Å². The minimum absolute atomic E-state index is 0.0699. The molecule has 0 saturated heterocycles. The van der Waals surface area contributed by atoms with Gasteiger partial charge in [0.2, 0.25) is 0 Å². The Hall–Kier alpha value is -3.72. The average molecular weight is 376 g/mol. The SMILES string of the molecule is O=C(O)c1ccc(C(=O)O)cc1.O=C(O)c1ccc(C(=O)OCCO)cc1. The Morgan fingerprint density at radius 3 is 1.19 bits per heavy atom. The van der Waals surface area contributed by atoms with Gasteiger partial charge in [0.15, 0.2) is 0 Å². The van der Waals surface area contributed by atoms with E-state index in [0.29, 0.717) is 0 Å². The van der Waals surface area contributed by atoms with Crippen molar-refractivity contribution in [1.29, 1.82) is 0 Å². The summed E-state index contributed by atoms with van der Waals surface area (Å²) >= 11 is 0. The van der Waals surface area contributed by atoms with Crippen molar-refractivity contribution in [2.24, 2.45) is 0 Å². The molecule has 0 bridgehead atoms. The van der Waals surface area contributed by atoms with E-state index in [0.717, 1.165) is 0 Å². The van der Waals surface area contributed by atoms with Crippen molar-refractivity contribution in [2.45, 2.75) is 0 Å². The van der Waals surface area contributed by atoms with E-state index in [9.17, 15) is 19.2 Å². The van der Waals surface area contributed by atoms with Crippen LogP contribution < -0.4 is 0 Å². The first-order valence-electron chi connectivity index (χ1n) is 7.44. The number of hydrogen-bond donors (Lipinski definition) is 4. The van der Waals surface area contributed by atoms with Crippen LogP contribution in [0.2, 0.25) is 0 Å². The third-order valence-electron chi connectivity index (χ3n) is 3.07. The van der Waals surface area contributed by atoms with Gasteiger partial charge in [-0.15, -0.1) is 0 Å². The maximum Gasteiger partial charge on any atom is 0.338 e. The minimum atomic E-state index is -1.06. The number of carboxylic acid groups (broad SMARTS) is 3. The number of ether oxygens (including phenoxy) is 1. The van der Waals surface area contributed by atoms with Crippen LogP contribution in [0.4, 0.5) is 0 Å². The quantitative estimate of drug-likeness (QED) is 0.549. The third-order valence-corrected chi connectivity index (χ3v) is 3.07. The number of hydrogen-bond acceptors (Lipinski definition) is 6. The highest BCUT2D eigenvalue weighted by Crippen LogP contribution is 2.06. The van der Waals surface area contributed by atoms with Crippen LogP contribution in [-0.4, -0.2) is 57.5 Å². The highest BCUT2D eigenvalue weighted by molar-refractivity contribution is 5.92. The predicted octanol–water partition coefficient (Wildman–Crippen LogP) is 1.62. The fraction of sp³-hybridized carbons (Fsp3) is 0.111. The van der Waals surface area contributed by atoms with Crippen LogP contribution in [0, 0.1) is 0 Å². The molecule has 0 spiro atoms. The van der Waals surface area contributed by atoms with Gasteiger partial charge in [-0.1, -0.05) is 0 Å². The molecule has 0 amide bonds. The number of aromatic carboxylic acids is 3. The van der Waals surface area contributed by atoms with Crippen molar-refractivity contribution in [3.8, 4) is 0 Å². The van der Waals surface area contributed by atoms with Crippen molar-refractivity contribution in [1.82, 2.24) is 0 Å². The zero-order valence-corrected chi connectivity index (χ0v) is 13.9. The van der Waals surface area contributed by atoms with Crippen LogP contribution in [-0.2, 0) is 4.74 Å². The highest BCUT2D eigenvalue weighted by Gasteiger charge is 2.08. The molecule has 0 aromatic heterocycles. The average Bonchev–Trinajstić information content (AvgIpc) is 2.66. The van der Waals surface area contributed by atoms with E-state index in [1.165, 1.54) is 48.5 Å². The van der Waals surface area contributed by atoms with Crippen LogP contribution in [0.3, 0.4) is 0 Å². The highest BCUT2D eigenvalue weighted by atomic mass is 16.5. The van der Waals surface area contributed by atoms with Gasteiger partial charge in [0.05, 0.1) is 28.9 Å². The Balaban J connectivity index is 0.000000277. The number of carboxylic acids is 3. The van der Waals surface area contributed by atoms with E-state index >= 15 is 0 Å². The number of carbonyl (C=O) groups excluding carboxylic acids is 1. The molecule has 27 heavy (non-hydrogen) atoms. The van der Waals surface area contributed by atoms with Crippen molar-refractivity contribution in [2.75, 3.05) is 13.2 Å². The van der Waals surface area contributed by atoms with E-state index in [2.05, 4.69) is 4.74 Å². The number of aliphatic hydroxyl groups is 1. The van der Waals surface area contributed by atoms with Crippen molar-refractivity contribution < 1.29 is 44.3 Å². The van der Waals surface area contributed by atoms with Gasteiger partial charge in [-0.3, -0.25) is 0 Å². The van der Waals surface area contributed by atoms with Gasteiger partial charge < -0.3 is 25.2 Å². The summed E-state index contributed by atoms with van der Waals surface area (Å²) in [5.41, 5.74) is 0.530. The lowest BCUT2D eigenvalue weighted by Crippen LogP contribution is -2.09. The molecule has 0 heterocycles. The summed E-state index contributed by atoms with van der Waals surface area (Å²) in [6.45, 7) is -0.307. The topological polar surface area (TPSA) is 158 Å². The van der Waals surface area contributed by atoms with Crippen LogP contribution in [0.25, 0.3) is 0 Å². The molecule has 2 aromatic carbocycles. The van der Waals surface area contributed by atoms with E-state index in [1.54, 1.807) is 0 Å². The van der Waals surface area contributed by atoms with Crippen molar-refractivity contribution in [3.05, 3.63) is 70.8 Å². The fourth-order valence-corrected chi connectivity index (χ4v) is 1.73. The maximum atomic E-state index is 11.2. The van der Waals surface area contributed by atoms with Crippen molar-refractivity contribution in [3.63, 3.8) is 0 Å². The summed E-state index contributed by atoms with van der Waals surface area (Å²) in [7, 11) is 0. The molecule has 0 aliphatic carbocycles. The minimum Gasteiger partial charge on any atom is -0.478 e. The number of benzene rings is 2. The molecule has 2 aromatic rings. The van der Waals surface area contributed by atoms with Gasteiger partial charge in [-0.25, -0.2) is 19.2 Å². The second kappa shape index (κ2) is 10.3. The normalized spacial score (nSPS) is 9.52. The molecule has 2 rings (SSSR count). The number of rotatable bonds is 6. The molecule has 9 heteroatoms. The lowest BCUT2D eigenvalue weighted by molar-refractivity contribution is 0.0432. The van der Waals surface area contributed by atoms with Crippen LogP contribution in [0.15, 0.2) is 48.5 Å².